The van der Waals surface area contributed by atoms with Crippen LogP contribution in [0.25, 0.3) is 0 Å². The molecule has 0 aromatic carbocycles. The minimum Gasteiger partial charge on any atom is -0.446 e. The highest BCUT2D eigenvalue weighted by atomic mass is 32.1. The molecule has 1 aromatic rings. The van der Waals surface area contributed by atoms with E-state index in [0.717, 1.165) is 30.7 Å². The molecule has 3 aliphatic rings. The van der Waals surface area contributed by atoms with Crippen LogP contribution in [-0.4, -0.2) is 62.7 Å². The van der Waals surface area contributed by atoms with E-state index in [-0.39, 0.29) is 24.1 Å². The summed E-state index contributed by atoms with van der Waals surface area (Å²) in [5.41, 5.74) is -0.110. The molecule has 1 aliphatic heterocycles. The fraction of sp³-hybridized carbons (Fsp3) is 0.704. The van der Waals surface area contributed by atoms with Crippen LogP contribution >= 0.6 is 18.7 Å². The predicted molar refractivity (Wildman–Crippen MR) is 149 cm³/mol. The van der Waals surface area contributed by atoms with Gasteiger partial charge in [0.2, 0.25) is 19.2 Å². The van der Waals surface area contributed by atoms with Crippen molar-refractivity contribution >= 4 is 36.6 Å². The second-order valence-electron chi connectivity index (χ2n) is 12.1. The maximum atomic E-state index is 13.8. The summed E-state index contributed by atoms with van der Waals surface area (Å²) in [6.07, 6.45) is 5.71. The molecule has 3 fully saturated rings. The summed E-state index contributed by atoms with van der Waals surface area (Å²) in [5.74, 6) is -1.18. The fourth-order valence-corrected chi connectivity index (χ4v) is 8.76. The van der Waals surface area contributed by atoms with Gasteiger partial charge in [-0.25, -0.2) is 9.78 Å². The zero-order valence-electron chi connectivity index (χ0n) is 23.3. The van der Waals surface area contributed by atoms with Gasteiger partial charge in [0, 0.05) is 17.8 Å². The number of carbonyl (C=O) groups is 3. The van der Waals surface area contributed by atoms with Crippen LogP contribution in [0.1, 0.15) is 76.4 Å². The number of carbonyl (C=O) groups excluding carboxylic acids is 3. The van der Waals surface area contributed by atoms with Crippen LogP contribution in [0, 0.1) is 18.3 Å². The molecule has 1 aromatic heterocycles. The van der Waals surface area contributed by atoms with Crippen molar-refractivity contribution in [2.24, 2.45) is 11.3 Å². The van der Waals surface area contributed by atoms with Crippen LogP contribution in [0.5, 0.6) is 0 Å². The van der Waals surface area contributed by atoms with Crippen molar-refractivity contribution in [1.29, 1.82) is 0 Å². The smallest absolute Gasteiger partial charge is 0.408 e. The summed E-state index contributed by atoms with van der Waals surface area (Å²) in [4.78, 5) is 57.0. The van der Waals surface area contributed by atoms with Crippen LogP contribution in [-0.2, 0) is 25.1 Å². The summed E-state index contributed by atoms with van der Waals surface area (Å²) >= 11 is 1.40. The Morgan fingerprint density at radius 1 is 1.31 bits per heavy atom. The van der Waals surface area contributed by atoms with E-state index in [2.05, 4.69) is 22.2 Å². The Bertz CT molecular complexity index is 1160. The molecule has 5 atom stereocenters. The lowest BCUT2D eigenvalue weighted by molar-refractivity contribution is -0.142. The topological polar surface area (TPSA) is 138 Å². The van der Waals surface area contributed by atoms with Crippen molar-refractivity contribution in [2.45, 2.75) is 102 Å². The number of aryl methyl sites for hydroxylation is 1. The molecule has 0 radical (unpaired) electrons. The minimum absolute atomic E-state index is 0.138. The number of nitrogens with one attached hydrogen (secondary N) is 2. The number of hydrogen-bond donors (Lipinski definition) is 3. The molecule has 0 spiro atoms. The molecule has 0 bridgehead atoms. The van der Waals surface area contributed by atoms with E-state index in [0.29, 0.717) is 31.5 Å². The van der Waals surface area contributed by atoms with Crippen LogP contribution < -0.4 is 10.6 Å². The number of amides is 3. The summed E-state index contributed by atoms with van der Waals surface area (Å²) < 4.78 is 19.2. The monoisotopic (exact) mass is 580 g/mol. The molecule has 10 nitrogen and oxygen atoms in total. The Hall–Kier alpha value is -2.23. The van der Waals surface area contributed by atoms with Gasteiger partial charge in [-0.1, -0.05) is 26.8 Å². The third kappa shape index (κ3) is 6.41. The molecular formula is C27H41N4O6PS. The molecule has 39 heavy (non-hydrogen) atoms. The minimum atomic E-state index is -3.92. The number of thiazole rings is 1. The Balaban J connectivity index is 1.48. The standard InChI is InChI=1S/C27H41N4O6PS/c1-6-18-14-27(18,38(35,36)15-19-16-39-17(2)28-19)30-23(32)21-12-9-13-31(21)24(33)22(26(3,4)5)29-25(34)37-20-10-7-8-11-20/h6,16,18,20-22H,1,7-15H2,2-5H3,(H,29,34)(H,30,32)(H,35,36)/t18-,21+,22?,27+/m1/s1. The molecule has 4 rings (SSSR count). The van der Waals surface area contributed by atoms with Crippen molar-refractivity contribution in [1.82, 2.24) is 20.5 Å². The fourth-order valence-electron chi connectivity index (χ4n) is 5.75. The first kappa shape index (κ1) is 29.7. The molecule has 2 unspecified atom stereocenters. The van der Waals surface area contributed by atoms with Gasteiger partial charge in [0.15, 0.2) is 0 Å². The van der Waals surface area contributed by atoms with Gasteiger partial charge in [0.1, 0.15) is 23.5 Å². The molecule has 3 N–H and O–H groups in total. The first-order valence-electron chi connectivity index (χ1n) is 13.7. The van der Waals surface area contributed by atoms with E-state index in [1.54, 1.807) is 11.5 Å². The van der Waals surface area contributed by atoms with E-state index < -0.39 is 42.1 Å². The number of alkyl carbamates (subject to hydrolysis) is 1. The second-order valence-corrected chi connectivity index (χ2v) is 15.7. The van der Waals surface area contributed by atoms with Crippen molar-refractivity contribution in [3.8, 4) is 0 Å². The normalized spacial score (nSPS) is 27.5. The average molecular weight is 581 g/mol. The Kier molecular flexibility index (Phi) is 8.64. The zero-order valence-corrected chi connectivity index (χ0v) is 25.0. The number of hydrogen-bond acceptors (Lipinski definition) is 7. The summed E-state index contributed by atoms with van der Waals surface area (Å²) in [7, 11) is -3.92. The predicted octanol–water partition coefficient (Wildman–Crippen LogP) is 4.31. The van der Waals surface area contributed by atoms with E-state index in [9.17, 15) is 23.8 Å². The van der Waals surface area contributed by atoms with Crippen LogP contribution in [0.3, 0.4) is 0 Å². The maximum Gasteiger partial charge on any atom is 0.408 e. The second kappa shape index (κ2) is 11.3. The Morgan fingerprint density at radius 2 is 2.00 bits per heavy atom. The molecule has 3 amide bonds. The van der Waals surface area contributed by atoms with E-state index >= 15 is 0 Å². The highest BCUT2D eigenvalue weighted by Gasteiger charge is 2.65. The number of aromatic nitrogens is 1. The summed E-state index contributed by atoms with van der Waals surface area (Å²) in [6.45, 7) is 11.5. The maximum absolute atomic E-state index is 13.8. The first-order valence-corrected chi connectivity index (χ1v) is 16.4. The quantitative estimate of drug-likeness (QED) is 0.292. The average Bonchev–Trinajstić information content (AvgIpc) is 3.28. The zero-order chi connectivity index (χ0) is 28.6. The van der Waals surface area contributed by atoms with Gasteiger partial charge >= 0.3 is 6.09 Å². The van der Waals surface area contributed by atoms with E-state index in [4.69, 9.17) is 4.74 Å². The van der Waals surface area contributed by atoms with Crippen LogP contribution in [0.4, 0.5) is 4.79 Å². The Labute approximate surface area is 234 Å². The van der Waals surface area contributed by atoms with Crippen molar-refractivity contribution in [2.75, 3.05) is 6.54 Å². The van der Waals surface area contributed by atoms with Crippen LogP contribution in [0.15, 0.2) is 18.0 Å². The largest absolute Gasteiger partial charge is 0.446 e. The van der Waals surface area contributed by atoms with Gasteiger partial charge in [0.05, 0.1) is 16.9 Å². The number of nitrogens with zero attached hydrogens (tertiary/aromatic N) is 2. The van der Waals surface area contributed by atoms with Gasteiger partial charge < -0.3 is 25.2 Å². The van der Waals surface area contributed by atoms with Crippen molar-refractivity contribution < 1.29 is 28.6 Å². The number of likely N-dealkylation sites (tertiary alicyclic amines) is 1. The van der Waals surface area contributed by atoms with Crippen molar-refractivity contribution in [3.63, 3.8) is 0 Å². The summed E-state index contributed by atoms with van der Waals surface area (Å²) in [5, 5.41) is 6.87. The molecule has 2 aliphatic carbocycles. The summed E-state index contributed by atoms with van der Waals surface area (Å²) in [6, 6.07) is -1.70. The lowest BCUT2D eigenvalue weighted by atomic mass is 9.85. The SMILES string of the molecule is C=C[C@@H]1C[C@]1(NC(=O)[C@@H]1CCCN1C(=O)C(NC(=O)OC1CCCC1)C(C)(C)C)P(=O)(O)Cc1csc(C)n1. The molecule has 2 saturated carbocycles. The third-order valence-electron chi connectivity index (χ3n) is 8.06. The highest BCUT2D eigenvalue weighted by Crippen LogP contribution is 2.70. The highest BCUT2D eigenvalue weighted by molar-refractivity contribution is 7.59. The number of rotatable bonds is 9. The third-order valence-corrected chi connectivity index (χ3v) is 11.5. The van der Waals surface area contributed by atoms with Gasteiger partial charge in [-0.3, -0.25) is 14.2 Å². The van der Waals surface area contributed by atoms with Gasteiger partial charge in [0.25, 0.3) is 0 Å². The molecule has 1 saturated heterocycles. The van der Waals surface area contributed by atoms with Gasteiger partial charge in [-0.15, -0.1) is 17.9 Å². The van der Waals surface area contributed by atoms with Crippen LogP contribution in [0.2, 0.25) is 0 Å². The molecule has 216 valence electrons. The molecule has 2 heterocycles. The lowest BCUT2D eigenvalue weighted by Gasteiger charge is -2.36. The van der Waals surface area contributed by atoms with Gasteiger partial charge in [-0.2, -0.15) is 0 Å². The first-order chi connectivity index (χ1) is 18.3. The lowest BCUT2D eigenvalue weighted by Crippen LogP contribution is -2.58. The number of ether oxygens (including phenoxy) is 1. The van der Waals surface area contributed by atoms with Crippen molar-refractivity contribution in [3.05, 3.63) is 28.7 Å². The van der Waals surface area contributed by atoms with Gasteiger partial charge in [-0.05, 0) is 57.3 Å². The molecular weight excluding hydrogens is 539 g/mol. The molecule has 12 heteroatoms. The Morgan fingerprint density at radius 3 is 2.56 bits per heavy atom. The van der Waals surface area contributed by atoms with E-state index in [1.807, 2.05) is 27.7 Å². The van der Waals surface area contributed by atoms with E-state index in [1.165, 1.54) is 16.2 Å².